The zero-order valence-corrected chi connectivity index (χ0v) is 8.44. The summed E-state index contributed by atoms with van der Waals surface area (Å²) in [5.41, 5.74) is 0.537. The number of rotatable bonds is 3. The second kappa shape index (κ2) is 6.66. The van der Waals surface area contributed by atoms with Crippen molar-refractivity contribution in [1.29, 1.82) is 0 Å². The molecule has 0 aromatic carbocycles. The molecule has 0 unspecified atom stereocenters. The molecule has 0 amide bonds. The van der Waals surface area contributed by atoms with Gasteiger partial charge >= 0.3 is 0 Å². The van der Waals surface area contributed by atoms with Crippen molar-refractivity contribution in [2.75, 3.05) is 0 Å². The van der Waals surface area contributed by atoms with E-state index in [9.17, 15) is 4.79 Å². The van der Waals surface area contributed by atoms with Crippen LogP contribution in [0.25, 0.3) is 6.20 Å². The Labute approximate surface area is 84.9 Å². The number of hydrogen-bond acceptors (Lipinski definition) is 1. The first-order chi connectivity index (χ1) is 6.61. The molecule has 0 aliphatic heterocycles. The largest absolute Gasteiger partial charge is 0.331 e. The maximum atomic E-state index is 10.3. The summed E-state index contributed by atoms with van der Waals surface area (Å²) in [6.45, 7) is 11.9. The highest BCUT2D eigenvalue weighted by Gasteiger charge is 1.90. The predicted octanol–water partition coefficient (Wildman–Crippen LogP) is 2.91. The van der Waals surface area contributed by atoms with Crippen LogP contribution < -0.4 is 0 Å². The van der Waals surface area contributed by atoms with E-state index in [2.05, 4.69) is 19.7 Å². The van der Waals surface area contributed by atoms with E-state index < -0.39 is 0 Å². The number of aromatic nitrogens is 1. The van der Waals surface area contributed by atoms with E-state index in [1.165, 1.54) is 6.08 Å². The van der Waals surface area contributed by atoms with Crippen LogP contribution in [0.2, 0.25) is 0 Å². The van der Waals surface area contributed by atoms with Crippen LogP contribution in [0.5, 0.6) is 0 Å². The van der Waals surface area contributed by atoms with Crippen molar-refractivity contribution in [2.45, 2.75) is 6.92 Å². The lowest BCUT2D eigenvalue weighted by atomic mass is 10.2. The lowest BCUT2D eigenvalue weighted by molar-refractivity contribution is -0.111. The van der Waals surface area contributed by atoms with E-state index in [1.54, 1.807) is 13.1 Å². The lowest BCUT2D eigenvalue weighted by Gasteiger charge is -1.83. The number of carbonyl (C=O) groups is 1. The third-order valence-corrected chi connectivity index (χ3v) is 1.44. The van der Waals surface area contributed by atoms with E-state index in [1.807, 2.05) is 29.1 Å². The first-order valence-electron chi connectivity index (χ1n) is 4.19. The molecular weight excluding hydrogens is 174 g/mol. The van der Waals surface area contributed by atoms with Gasteiger partial charge in [0.2, 0.25) is 0 Å². The second-order valence-corrected chi connectivity index (χ2v) is 2.66. The number of nitrogens with zero attached hydrogens (tertiary/aromatic N) is 1. The van der Waals surface area contributed by atoms with E-state index in [-0.39, 0.29) is 5.78 Å². The van der Waals surface area contributed by atoms with Gasteiger partial charge in [-0.15, -0.1) is 0 Å². The molecule has 0 bridgehead atoms. The van der Waals surface area contributed by atoms with Gasteiger partial charge in [-0.2, -0.15) is 0 Å². The fourth-order valence-corrected chi connectivity index (χ4v) is 0.644. The standard InChI is InChI=1S/C6H7N.C6H8O/c1-2-7-5-3-4-6-7;1-4-6(7)5(2)3/h2-6H,1H2;4H,1-2H2,3H3. The molecule has 0 N–H and O–H groups in total. The van der Waals surface area contributed by atoms with E-state index in [0.29, 0.717) is 5.57 Å². The van der Waals surface area contributed by atoms with Crippen LogP contribution >= 0.6 is 0 Å². The monoisotopic (exact) mass is 189 g/mol. The van der Waals surface area contributed by atoms with Crippen LogP contribution in [0.3, 0.4) is 0 Å². The van der Waals surface area contributed by atoms with Gasteiger partial charge in [-0.3, -0.25) is 4.79 Å². The summed E-state index contributed by atoms with van der Waals surface area (Å²) in [4.78, 5) is 10.3. The van der Waals surface area contributed by atoms with Crippen LogP contribution in [0.4, 0.5) is 0 Å². The molecule has 14 heavy (non-hydrogen) atoms. The number of hydrogen-bond donors (Lipinski definition) is 0. The van der Waals surface area contributed by atoms with Gasteiger partial charge in [0.15, 0.2) is 5.78 Å². The lowest BCUT2D eigenvalue weighted by Crippen LogP contribution is -1.89. The highest BCUT2D eigenvalue weighted by atomic mass is 16.1. The van der Waals surface area contributed by atoms with Gasteiger partial charge in [0.1, 0.15) is 0 Å². The van der Waals surface area contributed by atoms with Crippen LogP contribution in [0, 0.1) is 0 Å². The van der Waals surface area contributed by atoms with Crippen LogP contribution in [-0.4, -0.2) is 10.4 Å². The molecule has 0 fully saturated rings. The van der Waals surface area contributed by atoms with Crippen LogP contribution in [-0.2, 0) is 4.79 Å². The average molecular weight is 189 g/mol. The Kier molecular flexibility index (Phi) is 5.79. The summed E-state index contributed by atoms with van der Waals surface area (Å²) in [5, 5.41) is 0. The summed E-state index contributed by atoms with van der Waals surface area (Å²) in [6.07, 6.45) is 6.88. The minimum Gasteiger partial charge on any atom is -0.331 e. The third-order valence-electron chi connectivity index (χ3n) is 1.44. The molecule has 0 aliphatic carbocycles. The molecule has 0 aliphatic rings. The Hall–Kier alpha value is -1.83. The van der Waals surface area contributed by atoms with Crippen molar-refractivity contribution in [3.8, 4) is 0 Å². The zero-order valence-electron chi connectivity index (χ0n) is 8.44. The fourth-order valence-electron chi connectivity index (χ4n) is 0.644. The molecule has 0 spiro atoms. The van der Waals surface area contributed by atoms with E-state index in [4.69, 9.17) is 0 Å². The summed E-state index contributed by atoms with van der Waals surface area (Å²) in [7, 11) is 0. The average Bonchev–Trinajstić information content (AvgIpc) is 2.69. The van der Waals surface area contributed by atoms with E-state index in [0.717, 1.165) is 0 Å². The predicted molar refractivity (Wildman–Crippen MR) is 60.8 cm³/mol. The highest BCUT2D eigenvalue weighted by Crippen LogP contribution is 1.87. The van der Waals surface area contributed by atoms with E-state index >= 15 is 0 Å². The minimum atomic E-state index is -0.0833. The first kappa shape index (κ1) is 12.2. The first-order valence-corrected chi connectivity index (χ1v) is 4.19. The molecule has 0 atom stereocenters. The van der Waals surface area contributed by atoms with Crippen molar-refractivity contribution >= 4 is 12.0 Å². The number of allylic oxidation sites excluding steroid dienone is 2. The van der Waals surface area contributed by atoms with Crippen molar-refractivity contribution in [3.05, 3.63) is 55.9 Å². The van der Waals surface area contributed by atoms with Gasteiger partial charge in [-0.05, 0) is 30.7 Å². The van der Waals surface area contributed by atoms with Crippen LogP contribution in [0.15, 0.2) is 55.9 Å². The van der Waals surface area contributed by atoms with Crippen molar-refractivity contribution in [2.24, 2.45) is 0 Å². The Balaban J connectivity index is 0.000000241. The molecule has 2 heteroatoms. The quantitative estimate of drug-likeness (QED) is 0.670. The second-order valence-electron chi connectivity index (χ2n) is 2.66. The molecular formula is C12H15NO. The summed E-state index contributed by atoms with van der Waals surface area (Å²) < 4.78 is 1.89. The topological polar surface area (TPSA) is 22.0 Å². The van der Waals surface area contributed by atoms with Crippen molar-refractivity contribution < 1.29 is 4.79 Å². The number of carbonyl (C=O) groups excluding carboxylic acids is 1. The molecule has 1 rings (SSSR count). The van der Waals surface area contributed by atoms with Crippen molar-refractivity contribution in [3.63, 3.8) is 0 Å². The zero-order chi connectivity index (χ0) is 11.0. The maximum Gasteiger partial charge on any atom is 0.180 e. The molecule has 1 aromatic heterocycles. The van der Waals surface area contributed by atoms with Gasteiger partial charge < -0.3 is 4.57 Å². The molecule has 0 saturated carbocycles. The van der Waals surface area contributed by atoms with Gasteiger partial charge in [0.25, 0.3) is 0 Å². The molecule has 1 heterocycles. The number of ketones is 1. The fraction of sp³-hybridized carbons (Fsp3) is 0.0833. The van der Waals surface area contributed by atoms with Gasteiger partial charge in [-0.25, -0.2) is 0 Å². The highest BCUT2D eigenvalue weighted by molar-refractivity contribution is 6.02. The maximum absolute atomic E-state index is 10.3. The molecule has 0 saturated heterocycles. The SMILES string of the molecule is C=CC(=O)C(=C)C.C=Cn1cccc1. The van der Waals surface area contributed by atoms with Crippen molar-refractivity contribution in [1.82, 2.24) is 4.57 Å². The van der Waals surface area contributed by atoms with Crippen LogP contribution in [0.1, 0.15) is 6.92 Å². The summed E-state index contributed by atoms with van der Waals surface area (Å²) in [5.74, 6) is -0.0833. The van der Waals surface area contributed by atoms with Gasteiger partial charge in [0, 0.05) is 18.6 Å². The Morgan fingerprint density at radius 3 is 1.93 bits per heavy atom. The molecule has 74 valence electrons. The molecule has 1 aromatic rings. The van der Waals surface area contributed by atoms with Gasteiger partial charge in [0.05, 0.1) is 0 Å². The van der Waals surface area contributed by atoms with Gasteiger partial charge in [-0.1, -0.05) is 19.7 Å². The third kappa shape index (κ3) is 4.93. The summed E-state index contributed by atoms with van der Waals surface area (Å²) in [6, 6.07) is 3.92. The Morgan fingerprint density at radius 2 is 1.79 bits per heavy atom. The minimum absolute atomic E-state index is 0.0833. The smallest absolute Gasteiger partial charge is 0.180 e. The Bertz CT molecular complexity index is 320. The summed E-state index contributed by atoms with van der Waals surface area (Å²) >= 11 is 0. The Morgan fingerprint density at radius 1 is 1.29 bits per heavy atom. The molecule has 2 nitrogen and oxygen atoms in total. The molecule has 0 radical (unpaired) electrons. The normalized spacial score (nSPS) is 8.07.